The molecule has 7 heteroatoms. The minimum atomic E-state index is -3.90. The first-order valence-corrected chi connectivity index (χ1v) is 10.1. The molecule has 1 heterocycles. The number of methoxy groups -OCH3 is 1. The van der Waals surface area contributed by atoms with Crippen LogP contribution in [0.25, 0.3) is 11.1 Å². The molecule has 0 saturated heterocycles. The average molecular weight is 387 g/mol. The Morgan fingerprint density at radius 2 is 1.69 bits per heavy atom. The molecule has 0 aliphatic carbocycles. The number of anilines is 1. The van der Waals surface area contributed by atoms with E-state index < -0.39 is 22.5 Å². The molecule has 0 aliphatic rings. The van der Waals surface area contributed by atoms with Gasteiger partial charge in [0.2, 0.25) is 0 Å². The lowest BCUT2D eigenvalue weighted by Crippen LogP contribution is -2.36. The van der Waals surface area contributed by atoms with Crippen LogP contribution < -0.4 is 4.31 Å². The van der Waals surface area contributed by atoms with Crippen LogP contribution in [-0.4, -0.2) is 28.0 Å². The molecule has 134 valence electrons. The third kappa shape index (κ3) is 3.63. The van der Waals surface area contributed by atoms with E-state index in [4.69, 9.17) is 4.74 Å². The van der Waals surface area contributed by atoms with Gasteiger partial charge >= 0.3 is 5.97 Å². The number of ether oxygens (including phenoxy) is 1. The van der Waals surface area contributed by atoms with Gasteiger partial charge in [0.1, 0.15) is 10.8 Å². The van der Waals surface area contributed by atoms with Gasteiger partial charge in [0.05, 0.1) is 12.8 Å². The first kappa shape index (κ1) is 18.2. The highest BCUT2D eigenvalue weighted by Gasteiger charge is 2.30. The molecule has 3 aromatic rings. The van der Waals surface area contributed by atoms with Crippen LogP contribution in [0.4, 0.5) is 5.69 Å². The minimum Gasteiger partial charge on any atom is -0.468 e. The summed E-state index contributed by atoms with van der Waals surface area (Å²) >= 11 is 1.11. The molecule has 26 heavy (non-hydrogen) atoms. The number of nitrogens with zero attached hydrogens (tertiary/aromatic N) is 1. The van der Waals surface area contributed by atoms with Crippen molar-refractivity contribution in [1.29, 1.82) is 0 Å². The number of rotatable bonds is 6. The zero-order chi connectivity index (χ0) is 18.6. The average Bonchev–Trinajstić information content (AvgIpc) is 3.22. The van der Waals surface area contributed by atoms with Gasteiger partial charge in [-0.2, -0.15) is 0 Å². The molecule has 0 unspecified atom stereocenters. The Balaban J connectivity index is 2.17. The van der Waals surface area contributed by atoms with Crippen molar-refractivity contribution in [2.45, 2.75) is 4.21 Å². The van der Waals surface area contributed by atoms with Gasteiger partial charge in [-0.25, -0.2) is 8.42 Å². The topological polar surface area (TPSA) is 63.7 Å². The zero-order valence-electron chi connectivity index (χ0n) is 14.0. The number of carbonyl (C=O) groups excluding carboxylic acids is 1. The van der Waals surface area contributed by atoms with E-state index in [1.54, 1.807) is 23.6 Å². The van der Waals surface area contributed by atoms with Crippen LogP contribution >= 0.6 is 11.3 Å². The predicted molar refractivity (Wildman–Crippen MR) is 103 cm³/mol. The number of benzene rings is 2. The van der Waals surface area contributed by atoms with Crippen LogP contribution in [0, 0.1) is 0 Å². The molecule has 2 aromatic carbocycles. The Morgan fingerprint density at radius 1 is 1.00 bits per heavy atom. The van der Waals surface area contributed by atoms with Crippen LogP contribution in [0.2, 0.25) is 0 Å². The lowest BCUT2D eigenvalue weighted by Gasteiger charge is -2.25. The quantitative estimate of drug-likeness (QED) is 0.604. The van der Waals surface area contributed by atoms with E-state index in [9.17, 15) is 13.2 Å². The molecule has 0 atom stereocenters. The predicted octanol–water partition coefficient (Wildman–Crippen LogP) is 3.78. The van der Waals surface area contributed by atoms with Crippen LogP contribution in [0.5, 0.6) is 0 Å². The summed E-state index contributed by atoms with van der Waals surface area (Å²) in [7, 11) is -2.66. The molecule has 0 aliphatic heterocycles. The van der Waals surface area contributed by atoms with E-state index in [0.29, 0.717) is 5.69 Å². The summed E-state index contributed by atoms with van der Waals surface area (Å²) in [5, 5.41) is 1.69. The number of hydrogen-bond donors (Lipinski definition) is 0. The van der Waals surface area contributed by atoms with Crippen LogP contribution in [0.15, 0.2) is 76.3 Å². The largest absolute Gasteiger partial charge is 0.468 e. The third-order valence-electron chi connectivity index (χ3n) is 3.80. The number of para-hydroxylation sites is 1. The molecule has 0 radical (unpaired) electrons. The summed E-state index contributed by atoms with van der Waals surface area (Å²) in [5.74, 6) is -0.631. The van der Waals surface area contributed by atoms with Crippen molar-refractivity contribution in [2.75, 3.05) is 18.0 Å². The van der Waals surface area contributed by atoms with Gasteiger partial charge in [-0.1, -0.05) is 54.6 Å². The first-order chi connectivity index (χ1) is 12.5. The number of esters is 1. The highest BCUT2D eigenvalue weighted by Crippen LogP contribution is 2.34. The third-order valence-corrected chi connectivity index (χ3v) is 6.93. The second-order valence-electron chi connectivity index (χ2n) is 5.40. The van der Waals surface area contributed by atoms with Gasteiger partial charge in [-0.15, -0.1) is 11.3 Å². The van der Waals surface area contributed by atoms with Crippen molar-refractivity contribution >= 4 is 33.0 Å². The van der Waals surface area contributed by atoms with Gasteiger partial charge in [-0.3, -0.25) is 9.10 Å². The summed E-state index contributed by atoms with van der Waals surface area (Å²) in [4.78, 5) is 11.9. The molecule has 0 saturated carbocycles. The van der Waals surface area contributed by atoms with E-state index in [1.807, 2.05) is 42.5 Å². The van der Waals surface area contributed by atoms with Crippen molar-refractivity contribution in [3.63, 3.8) is 0 Å². The lowest BCUT2D eigenvalue weighted by molar-refractivity contribution is -0.138. The van der Waals surface area contributed by atoms with Crippen LogP contribution in [0.3, 0.4) is 0 Å². The smallest absolute Gasteiger partial charge is 0.326 e. The first-order valence-electron chi connectivity index (χ1n) is 7.81. The Bertz CT molecular complexity index is 983. The van der Waals surface area contributed by atoms with Gasteiger partial charge < -0.3 is 4.74 Å². The maximum atomic E-state index is 13.2. The summed E-state index contributed by atoms with van der Waals surface area (Å²) in [6, 6.07) is 19.7. The number of sulfonamides is 1. The van der Waals surface area contributed by atoms with Crippen LogP contribution in [0.1, 0.15) is 0 Å². The monoisotopic (exact) mass is 387 g/mol. The summed E-state index contributed by atoms with van der Waals surface area (Å²) in [6.45, 7) is -0.402. The lowest BCUT2D eigenvalue weighted by atomic mass is 10.0. The van der Waals surface area contributed by atoms with Gasteiger partial charge in [0.25, 0.3) is 10.0 Å². The molecule has 0 N–H and O–H groups in total. The van der Waals surface area contributed by atoms with Crippen LogP contribution in [-0.2, 0) is 19.6 Å². The minimum absolute atomic E-state index is 0.171. The van der Waals surface area contributed by atoms with E-state index >= 15 is 0 Å². The number of thiophene rings is 1. The van der Waals surface area contributed by atoms with Crippen molar-refractivity contribution in [2.24, 2.45) is 0 Å². The fourth-order valence-electron chi connectivity index (χ4n) is 2.55. The van der Waals surface area contributed by atoms with Gasteiger partial charge in [0, 0.05) is 5.56 Å². The Kier molecular flexibility index (Phi) is 5.39. The summed E-state index contributed by atoms with van der Waals surface area (Å²) in [5.41, 5.74) is 2.01. The number of hydrogen-bond acceptors (Lipinski definition) is 5. The number of carbonyl (C=O) groups is 1. The summed E-state index contributed by atoms with van der Waals surface area (Å²) < 4.78 is 32.3. The molecular weight excluding hydrogens is 370 g/mol. The molecule has 0 amide bonds. The van der Waals surface area contributed by atoms with Crippen molar-refractivity contribution in [1.82, 2.24) is 0 Å². The highest BCUT2D eigenvalue weighted by atomic mass is 32.2. The molecule has 3 rings (SSSR count). The second kappa shape index (κ2) is 7.72. The SMILES string of the molecule is COC(=O)CN(c1ccccc1-c1ccccc1)S(=O)(=O)c1cccs1. The maximum absolute atomic E-state index is 13.2. The Hall–Kier alpha value is -2.64. The molecule has 5 nitrogen and oxygen atoms in total. The zero-order valence-corrected chi connectivity index (χ0v) is 15.7. The second-order valence-corrected chi connectivity index (χ2v) is 8.44. The molecule has 0 bridgehead atoms. The van der Waals surface area contributed by atoms with E-state index in [-0.39, 0.29) is 4.21 Å². The van der Waals surface area contributed by atoms with Gasteiger partial charge in [0.15, 0.2) is 0 Å². The highest BCUT2D eigenvalue weighted by molar-refractivity contribution is 7.94. The fourth-order valence-corrected chi connectivity index (χ4v) is 5.09. The summed E-state index contributed by atoms with van der Waals surface area (Å²) in [6.07, 6.45) is 0. The molecular formula is C19H17NO4S2. The van der Waals surface area contributed by atoms with Crippen molar-refractivity contribution < 1.29 is 17.9 Å². The normalized spacial score (nSPS) is 11.1. The molecule has 1 aromatic heterocycles. The van der Waals surface area contributed by atoms with E-state index in [0.717, 1.165) is 26.8 Å². The van der Waals surface area contributed by atoms with Crippen molar-refractivity contribution in [3.8, 4) is 11.1 Å². The molecule has 0 spiro atoms. The Morgan fingerprint density at radius 3 is 2.35 bits per heavy atom. The Labute approximate surface area is 156 Å². The van der Waals surface area contributed by atoms with E-state index in [2.05, 4.69) is 0 Å². The standard InChI is InChI=1S/C19H17NO4S2/c1-24-18(21)14-20(26(22,23)19-12-7-13-25-19)17-11-6-5-10-16(17)15-8-3-2-4-9-15/h2-13H,14H2,1H3. The maximum Gasteiger partial charge on any atom is 0.326 e. The van der Waals surface area contributed by atoms with Crippen molar-refractivity contribution in [3.05, 3.63) is 72.1 Å². The molecule has 0 fully saturated rings. The fraction of sp³-hybridized carbons (Fsp3) is 0.105. The van der Waals surface area contributed by atoms with E-state index in [1.165, 1.54) is 13.2 Å². The van der Waals surface area contributed by atoms with Gasteiger partial charge in [-0.05, 0) is 23.1 Å².